The molecular formula is C15H23N7O. The minimum absolute atomic E-state index is 0.610. The van der Waals surface area contributed by atoms with Crippen molar-refractivity contribution in [1.29, 1.82) is 0 Å². The van der Waals surface area contributed by atoms with Gasteiger partial charge in [0.05, 0.1) is 18.8 Å². The highest BCUT2D eigenvalue weighted by Crippen LogP contribution is 2.25. The van der Waals surface area contributed by atoms with Crippen molar-refractivity contribution in [2.45, 2.75) is 52.7 Å². The third-order valence-corrected chi connectivity index (χ3v) is 4.02. The molecule has 0 bridgehead atoms. The maximum atomic E-state index is 5.64. The summed E-state index contributed by atoms with van der Waals surface area (Å²) in [4.78, 5) is 11.0. The normalized spacial score (nSPS) is 14.7. The summed E-state index contributed by atoms with van der Waals surface area (Å²) in [5.41, 5.74) is 2.18. The number of nitrogens with zero attached hydrogens (tertiary/aromatic N) is 7. The Kier molecular flexibility index (Phi) is 5.12. The van der Waals surface area contributed by atoms with Gasteiger partial charge in [0.1, 0.15) is 6.33 Å². The summed E-state index contributed by atoms with van der Waals surface area (Å²) >= 11 is 0. The largest absolute Gasteiger partial charge is 0.478 e. The fraction of sp³-hybridized carbons (Fsp3) is 0.667. The van der Waals surface area contributed by atoms with Crippen molar-refractivity contribution in [3.05, 3.63) is 23.4 Å². The Balaban J connectivity index is 1.71. The summed E-state index contributed by atoms with van der Waals surface area (Å²) in [6, 6.07) is 0. The number of unbranched alkanes of at least 4 members (excludes halogenated alkanes) is 1. The van der Waals surface area contributed by atoms with Crippen molar-refractivity contribution in [2.75, 3.05) is 13.2 Å². The second kappa shape index (κ2) is 7.45. The first-order chi connectivity index (χ1) is 11.3. The van der Waals surface area contributed by atoms with Gasteiger partial charge in [0.25, 0.3) is 0 Å². The Hall–Kier alpha value is -2.09. The molecule has 0 amide bonds. The van der Waals surface area contributed by atoms with E-state index in [1.165, 1.54) is 0 Å². The van der Waals surface area contributed by atoms with Crippen LogP contribution in [0.3, 0.4) is 0 Å². The monoisotopic (exact) mass is 317 g/mol. The molecule has 2 aromatic rings. The Morgan fingerprint density at radius 2 is 2.17 bits per heavy atom. The zero-order valence-electron chi connectivity index (χ0n) is 13.8. The van der Waals surface area contributed by atoms with E-state index in [1.807, 2.05) is 11.6 Å². The first-order valence-corrected chi connectivity index (χ1v) is 8.24. The van der Waals surface area contributed by atoms with Gasteiger partial charge >= 0.3 is 0 Å². The van der Waals surface area contributed by atoms with E-state index in [1.54, 1.807) is 6.33 Å². The molecule has 0 atom stereocenters. The van der Waals surface area contributed by atoms with Gasteiger partial charge in [0.2, 0.25) is 5.88 Å². The number of hydrogen-bond donors (Lipinski definition) is 0. The second-order valence-electron chi connectivity index (χ2n) is 5.67. The first kappa shape index (κ1) is 15.8. The average molecular weight is 317 g/mol. The standard InChI is InChI=1S/C15H23N7O/c1-3-5-7-22-14(18-19-20-22)10-21-8-6-13-12(9-21)15(23-4-2)17-11-16-13/h11H,3-10H2,1-2H3. The van der Waals surface area contributed by atoms with Crippen LogP contribution in [0.4, 0.5) is 0 Å². The molecule has 0 radical (unpaired) electrons. The Morgan fingerprint density at radius 1 is 1.26 bits per heavy atom. The van der Waals surface area contributed by atoms with Gasteiger partial charge in [-0.15, -0.1) is 5.10 Å². The predicted octanol–water partition coefficient (Wildman–Crippen LogP) is 1.22. The van der Waals surface area contributed by atoms with Crippen LogP contribution in [0.15, 0.2) is 6.33 Å². The van der Waals surface area contributed by atoms with Crippen molar-refractivity contribution >= 4 is 0 Å². The van der Waals surface area contributed by atoms with E-state index < -0.39 is 0 Å². The third kappa shape index (κ3) is 3.64. The summed E-state index contributed by atoms with van der Waals surface area (Å²) in [5, 5.41) is 12.1. The number of hydrogen-bond acceptors (Lipinski definition) is 7. The lowest BCUT2D eigenvalue weighted by atomic mass is 10.1. The topological polar surface area (TPSA) is 81.9 Å². The smallest absolute Gasteiger partial charge is 0.221 e. The van der Waals surface area contributed by atoms with E-state index in [2.05, 4.69) is 37.3 Å². The molecule has 23 heavy (non-hydrogen) atoms. The highest BCUT2D eigenvalue weighted by molar-refractivity contribution is 5.31. The quantitative estimate of drug-likeness (QED) is 0.759. The zero-order valence-corrected chi connectivity index (χ0v) is 13.8. The van der Waals surface area contributed by atoms with Gasteiger partial charge < -0.3 is 4.74 Å². The van der Waals surface area contributed by atoms with Crippen LogP contribution in [0.2, 0.25) is 0 Å². The molecule has 0 spiro atoms. The molecule has 8 heteroatoms. The molecule has 124 valence electrons. The molecule has 0 aliphatic carbocycles. The summed E-state index contributed by atoms with van der Waals surface area (Å²) in [5.74, 6) is 1.62. The molecule has 0 saturated heterocycles. The molecular weight excluding hydrogens is 294 g/mol. The van der Waals surface area contributed by atoms with Gasteiger partial charge in [-0.05, 0) is 23.8 Å². The van der Waals surface area contributed by atoms with Crippen LogP contribution >= 0.6 is 0 Å². The van der Waals surface area contributed by atoms with Crippen LogP contribution in [0.5, 0.6) is 5.88 Å². The van der Waals surface area contributed by atoms with E-state index in [9.17, 15) is 0 Å². The molecule has 3 heterocycles. The summed E-state index contributed by atoms with van der Waals surface area (Å²) in [6.45, 7) is 8.06. The van der Waals surface area contributed by atoms with Crippen LogP contribution in [0.1, 0.15) is 43.8 Å². The summed E-state index contributed by atoms with van der Waals surface area (Å²) < 4.78 is 7.55. The van der Waals surface area contributed by atoms with Crippen molar-refractivity contribution in [2.24, 2.45) is 0 Å². The first-order valence-electron chi connectivity index (χ1n) is 8.24. The van der Waals surface area contributed by atoms with E-state index in [-0.39, 0.29) is 0 Å². The van der Waals surface area contributed by atoms with Crippen molar-refractivity contribution in [1.82, 2.24) is 35.1 Å². The van der Waals surface area contributed by atoms with Gasteiger partial charge in [0.15, 0.2) is 5.82 Å². The molecule has 0 N–H and O–H groups in total. The number of tetrazole rings is 1. The SMILES string of the molecule is CCCCn1nnnc1CN1CCc2ncnc(OCC)c2C1. The van der Waals surface area contributed by atoms with Crippen molar-refractivity contribution in [3.63, 3.8) is 0 Å². The lowest BCUT2D eigenvalue weighted by Crippen LogP contribution is -2.32. The molecule has 0 aromatic carbocycles. The van der Waals surface area contributed by atoms with Crippen molar-refractivity contribution in [3.8, 4) is 5.88 Å². The van der Waals surface area contributed by atoms with Crippen LogP contribution in [-0.4, -0.2) is 48.2 Å². The van der Waals surface area contributed by atoms with E-state index >= 15 is 0 Å². The highest BCUT2D eigenvalue weighted by atomic mass is 16.5. The number of aromatic nitrogens is 6. The van der Waals surface area contributed by atoms with Gasteiger partial charge in [-0.1, -0.05) is 13.3 Å². The highest BCUT2D eigenvalue weighted by Gasteiger charge is 2.23. The second-order valence-corrected chi connectivity index (χ2v) is 5.67. The van der Waals surface area contributed by atoms with Gasteiger partial charge in [-0.2, -0.15) is 0 Å². The Labute approximate surface area is 135 Å². The lowest BCUT2D eigenvalue weighted by Gasteiger charge is -2.28. The minimum Gasteiger partial charge on any atom is -0.478 e. The van der Waals surface area contributed by atoms with E-state index in [0.717, 1.165) is 62.5 Å². The van der Waals surface area contributed by atoms with Gasteiger partial charge in [-0.25, -0.2) is 14.6 Å². The zero-order chi connectivity index (χ0) is 16.1. The molecule has 3 rings (SSSR count). The lowest BCUT2D eigenvalue weighted by molar-refractivity contribution is 0.222. The molecule has 0 unspecified atom stereocenters. The van der Waals surface area contributed by atoms with Crippen LogP contribution in [-0.2, 0) is 26.1 Å². The number of aryl methyl sites for hydroxylation is 1. The van der Waals surface area contributed by atoms with Crippen LogP contribution in [0, 0.1) is 0 Å². The minimum atomic E-state index is 0.610. The fourth-order valence-electron chi connectivity index (χ4n) is 2.79. The molecule has 8 nitrogen and oxygen atoms in total. The van der Waals surface area contributed by atoms with Crippen LogP contribution < -0.4 is 4.74 Å². The molecule has 0 fully saturated rings. The third-order valence-electron chi connectivity index (χ3n) is 4.02. The molecule has 1 aliphatic heterocycles. The number of fused-ring (bicyclic) bond motifs is 1. The summed E-state index contributed by atoms with van der Waals surface area (Å²) in [7, 11) is 0. The fourth-order valence-corrected chi connectivity index (χ4v) is 2.79. The number of ether oxygens (including phenoxy) is 1. The molecule has 0 saturated carbocycles. The maximum absolute atomic E-state index is 5.64. The van der Waals surface area contributed by atoms with Gasteiger partial charge in [-0.3, -0.25) is 4.90 Å². The molecule has 2 aromatic heterocycles. The molecule has 1 aliphatic rings. The average Bonchev–Trinajstić information content (AvgIpc) is 3.01. The Morgan fingerprint density at radius 3 is 3.00 bits per heavy atom. The maximum Gasteiger partial charge on any atom is 0.221 e. The summed E-state index contributed by atoms with van der Waals surface area (Å²) in [6.07, 6.45) is 4.70. The van der Waals surface area contributed by atoms with Gasteiger partial charge in [0, 0.05) is 31.6 Å². The Bertz CT molecular complexity index is 643. The van der Waals surface area contributed by atoms with E-state index in [0.29, 0.717) is 12.5 Å². The van der Waals surface area contributed by atoms with Crippen molar-refractivity contribution < 1.29 is 4.74 Å². The van der Waals surface area contributed by atoms with E-state index in [4.69, 9.17) is 4.74 Å². The number of rotatable bonds is 7. The van der Waals surface area contributed by atoms with Crippen LogP contribution in [0.25, 0.3) is 0 Å². The predicted molar refractivity (Wildman–Crippen MR) is 83.7 cm³/mol.